The highest BCUT2D eigenvalue weighted by Crippen LogP contribution is 2.24. The molecule has 0 aromatic heterocycles. The van der Waals surface area contributed by atoms with Crippen LogP contribution in [0.3, 0.4) is 0 Å². The van der Waals surface area contributed by atoms with Crippen LogP contribution in [0.2, 0.25) is 0 Å². The molecule has 4 nitrogen and oxygen atoms in total. The first-order chi connectivity index (χ1) is 12.1. The molecular weight excluding hydrogens is 312 g/mol. The lowest BCUT2D eigenvalue weighted by molar-refractivity contribution is -0.138. The molecule has 0 fully saturated rings. The molecule has 0 radical (unpaired) electrons. The second-order valence-electron chi connectivity index (χ2n) is 6.19. The summed E-state index contributed by atoms with van der Waals surface area (Å²) in [5.41, 5.74) is 4.36. The largest absolute Gasteiger partial charge is 0.479 e. The number of aryl methyl sites for hydroxylation is 2. The third-order valence-electron chi connectivity index (χ3n) is 4.06. The molecule has 0 aliphatic carbocycles. The summed E-state index contributed by atoms with van der Waals surface area (Å²) >= 11 is 0. The fourth-order valence-corrected chi connectivity index (χ4v) is 2.92. The van der Waals surface area contributed by atoms with Crippen LogP contribution >= 0.6 is 0 Å². The standard InChI is InChI=1S/C21H24N2O2/c1-3-5-16-11-17(6-4-2)13-18(12-16)20(21(24)25)23-19-9-7-15(14-22)8-10-19/h7-13,20,23H,3-6H2,1-2H3,(H,24,25). The van der Waals surface area contributed by atoms with E-state index >= 15 is 0 Å². The first-order valence-corrected chi connectivity index (χ1v) is 8.69. The Morgan fingerprint density at radius 3 is 2.08 bits per heavy atom. The Hall–Kier alpha value is -2.80. The van der Waals surface area contributed by atoms with E-state index in [9.17, 15) is 9.90 Å². The van der Waals surface area contributed by atoms with Gasteiger partial charge in [-0.25, -0.2) is 4.79 Å². The van der Waals surface area contributed by atoms with Crippen molar-refractivity contribution in [3.8, 4) is 6.07 Å². The van der Waals surface area contributed by atoms with Crippen molar-refractivity contribution < 1.29 is 9.90 Å². The molecule has 0 saturated heterocycles. The molecular formula is C21H24N2O2. The summed E-state index contributed by atoms with van der Waals surface area (Å²) in [6, 6.07) is 14.2. The van der Waals surface area contributed by atoms with Gasteiger partial charge < -0.3 is 10.4 Å². The number of anilines is 1. The summed E-state index contributed by atoms with van der Waals surface area (Å²) in [5.74, 6) is -0.916. The van der Waals surface area contributed by atoms with Crippen LogP contribution in [-0.4, -0.2) is 11.1 Å². The Labute approximate surface area is 149 Å². The third kappa shape index (κ3) is 5.09. The van der Waals surface area contributed by atoms with E-state index in [0.29, 0.717) is 11.3 Å². The molecule has 0 bridgehead atoms. The molecule has 1 unspecified atom stereocenters. The Kier molecular flexibility index (Phi) is 6.59. The molecule has 0 aliphatic heterocycles. The summed E-state index contributed by atoms with van der Waals surface area (Å²) in [7, 11) is 0. The van der Waals surface area contributed by atoms with E-state index in [4.69, 9.17) is 5.26 Å². The van der Waals surface area contributed by atoms with Crippen LogP contribution in [0.4, 0.5) is 5.69 Å². The van der Waals surface area contributed by atoms with Gasteiger partial charge in [-0.1, -0.05) is 44.9 Å². The number of hydrogen-bond acceptors (Lipinski definition) is 3. The zero-order chi connectivity index (χ0) is 18.2. The highest BCUT2D eigenvalue weighted by molar-refractivity contribution is 5.79. The van der Waals surface area contributed by atoms with Crippen molar-refractivity contribution in [2.24, 2.45) is 0 Å². The average Bonchev–Trinajstić information content (AvgIpc) is 2.60. The number of rotatable bonds is 8. The summed E-state index contributed by atoms with van der Waals surface area (Å²) in [5, 5.41) is 21.7. The van der Waals surface area contributed by atoms with E-state index in [1.807, 2.05) is 12.1 Å². The quantitative estimate of drug-likeness (QED) is 0.733. The van der Waals surface area contributed by atoms with Crippen molar-refractivity contribution in [1.29, 1.82) is 5.26 Å². The molecule has 0 spiro atoms. The lowest BCUT2D eigenvalue weighted by atomic mass is 9.96. The number of benzene rings is 2. The van der Waals surface area contributed by atoms with Gasteiger partial charge in [-0.15, -0.1) is 0 Å². The van der Waals surface area contributed by atoms with Crippen molar-refractivity contribution in [2.75, 3.05) is 5.32 Å². The van der Waals surface area contributed by atoms with Crippen molar-refractivity contribution >= 4 is 11.7 Å². The molecule has 25 heavy (non-hydrogen) atoms. The molecule has 2 rings (SSSR count). The summed E-state index contributed by atoms with van der Waals surface area (Å²) in [6.45, 7) is 4.24. The smallest absolute Gasteiger partial charge is 0.330 e. The minimum absolute atomic E-state index is 0.549. The number of carboxylic acids is 1. The molecule has 4 heteroatoms. The van der Waals surface area contributed by atoms with Gasteiger partial charge in [0.2, 0.25) is 0 Å². The molecule has 1 atom stereocenters. The first-order valence-electron chi connectivity index (χ1n) is 8.69. The van der Waals surface area contributed by atoms with E-state index in [-0.39, 0.29) is 0 Å². The normalized spacial score (nSPS) is 11.6. The van der Waals surface area contributed by atoms with Crippen molar-refractivity contribution in [3.05, 3.63) is 64.7 Å². The molecule has 0 amide bonds. The van der Waals surface area contributed by atoms with Crippen molar-refractivity contribution in [1.82, 2.24) is 0 Å². The monoisotopic (exact) mass is 336 g/mol. The van der Waals surface area contributed by atoms with Crippen LogP contribution in [0, 0.1) is 11.3 Å². The number of carboxylic acid groups (broad SMARTS) is 1. The van der Waals surface area contributed by atoms with E-state index in [2.05, 4.69) is 31.3 Å². The van der Waals surface area contributed by atoms with E-state index in [1.165, 1.54) is 11.1 Å². The lowest BCUT2D eigenvalue weighted by Gasteiger charge is -2.18. The third-order valence-corrected chi connectivity index (χ3v) is 4.06. The second-order valence-corrected chi connectivity index (χ2v) is 6.19. The van der Waals surface area contributed by atoms with Crippen LogP contribution in [0.15, 0.2) is 42.5 Å². The van der Waals surface area contributed by atoms with Gasteiger partial charge in [0, 0.05) is 5.69 Å². The maximum atomic E-state index is 11.9. The zero-order valence-corrected chi connectivity index (χ0v) is 14.7. The number of nitrogens with one attached hydrogen (secondary N) is 1. The van der Waals surface area contributed by atoms with E-state index in [1.54, 1.807) is 24.3 Å². The van der Waals surface area contributed by atoms with E-state index < -0.39 is 12.0 Å². The van der Waals surface area contributed by atoms with Crippen LogP contribution < -0.4 is 5.32 Å². The maximum absolute atomic E-state index is 11.9. The van der Waals surface area contributed by atoms with E-state index in [0.717, 1.165) is 31.2 Å². The van der Waals surface area contributed by atoms with Gasteiger partial charge in [-0.2, -0.15) is 5.26 Å². The highest BCUT2D eigenvalue weighted by atomic mass is 16.4. The average molecular weight is 336 g/mol. The lowest BCUT2D eigenvalue weighted by Crippen LogP contribution is -2.21. The van der Waals surface area contributed by atoms with Gasteiger partial charge >= 0.3 is 5.97 Å². The zero-order valence-electron chi connectivity index (χ0n) is 14.7. The van der Waals surface area contributed by atoms with Gasteiger partial charge in [0.25, 0.3) is 0 Å². The van der Waals surface area contributed by atoms with Gasteiger partial charge in [0.1, 0.15) is 0 Å². The SMILES string of the molecule is CCCc1cc(CCC)cc(C(Nc2ccc(C#N)cc2)C(=O)O)c1. The molecule has 2 aromatic carbocycles. The Bertz CT molecular complexity index is 736. The number of aliphatic carboxylic acids is 1. The predicted molar refractivity (Wildman–Crippen MR) is 99.6 cm³/mol. The number of hydrogen-bond donors (Lipinski definition) is 2. The summed E-state index contributed by atoms with van der Waals surface area (Å²) < 4.78 is 0. The number of carbonyl (C=O) groups is 1. The first kappa shape index (κ1) is 18.5. The minimum atomic E-state index is -0.916. The Morgan fingerprint density at radius 2 is 1.64 bits per heavy atom. The molecule has 0 saturated carbocycles. The predicted octanol–water partition coefficient (Wildman–Crippen LogP) is 4.70. The van der Waals surface area contributed by atoms with Crippen LogP contribution in [0.25, 0.3) is 0 Å². The molecule has 0 aliphatic rings. The minimum Gasteiger partial charge on any atom is -0.479 e. The summed E-state index contributed by atoms with van der Waals surface area (Å²) in [6.07, 6.45) is 3.92. The summed E-state index contributed by atoms with van der Waals surface area (Å²) in [4.78, 5) is 11.9. The van der Waals surface area contributed by atoms with Crippen molar-refractivity contribution in [2.45, 2.75) is 45.6 Å². The molecule has 0 heterocycles. The fraction of sp³-hybridized carbons (Fsp3) is 0.333. The molecule has 2 aromatic rings. The van der Waals surface area contributed by atoms with Gasteiger partial charge in [0.15, 0.2) is 6.04 Å². The Balaban J connectivity index is 2.34. The number of nitriles is 1. The molecule has 2 N–H and O–H groups in total. The van der Waals surface area contributed by atoms with Crippen molar-refractivity contribution in [3.63, 3.8) is 0 Å². The van der Waals surface area contributed by atoms with Gasteiger partial charge in [-0.3, -0.25) is 0 Å². The second kappa shape index (κ2) is 8.89. The van der Waals surface area contributed by atoms with Gasteiger partial charge in [-0.05, 0) is 53.8 Å². The van der Waals surface area contributed by atoms with Crippen LogP contribution in [0.5, 0.6) is 0 Å². The fourth-order valence-electron chi connectivity index (χ4n) is 2.92. The van der Waals surface area contributed by atoms with Crippen LogP contribution in [0.1, 0.15) is 55.0 Å². The number of nitrogens with zero attached hydrogens (tertiary/aromatic N) is 1. The highest BCUT2D eigenvalue weighted by Gasteiger charge is 2.20. The van der Waals surface area contributed by atoms with Crippen LogP contribution in [-0.2, 0) is 17.6 Å². The van der Waals surface area contributed by atoms with Gasteiger partial charge in [0.05, 0.1) is 11.6 Å². The Morgan fingerprint density at radius 1 is 1.08 bits per heavy atom. The molecule has 130 valence electrons. The maximum Gasteiger partial charge on any atom is 0.330 e. The topological polar surface area (TPSA) is 73.1 Å².